The summed E-state index contributed by atoms with van der Waals surface area (Å²) in [5.41, 5.74) is -0.753. The fourth-order valence-electron chi connectivity index (χ4n) is 3.29. The molecule has 1 aromatic carbocycles. The number of carboxylic acids is 1. The minimum absolute atomic E-state index is 0.00617. The second-order valence-corrected chi connectivity index (χ2v) is 9.28. The summed E-state index contributed by atoms with van der Waals surface area (Å²) in [5.74, 6) is -2.13. The number of aromatic nitrogens is 4. The Morgan fingerprint density at radius 1 is 1.13 bits per heavy atom. The largest absolute Gasteiger partial charge is 0.480 e. The van der Waals surface area contributed by atoms with Crippen LogP contribution in [0.1, 0.15) is 26.3 Å². The molecule has 15 nitrogen and oxygen atoms in total. The first kappa shape index (κ1) is 28.6. The first-order valence-corrected chi connectivity index (χ1v) is 11.8. The van der Waals surface area contributed by atoms with E-state index in [-0.39, 0.29) is 36.8 Å². The van der Waals surface area contributed by atoms with Crippen LogP contribution in [0.15, 0.2) is 41.5 Å². The van der Waals surface area contributed by atoms with Crippen molar-refractivity contribution in [3.8, 4) is 0 Å². The Morgan fingerprint density at radius 3 is 2.51 bits per heavy atom. The molecule has 0 bridgehead atoms. The predicted molar refractivity (Wildman–Crippen MR) is 137 cm³/mol. The first-order valence-electron chi connectivity index (χ1n) is 11.8. The molecule has 3 aromatic rings. The Kier molecular flexibility index (Phi) is 9.20. The molecule has 0 saturated heterocycles. The molecule has 0 spiro atoms. The smallest absolute Gasteiger partial charge is 0.414 e. The van der Waals surface area contributed by atoms with Crippen molar-refractivity contribution in [1.29, 1.82) is 0 Å². The van der Waals surface area contributed by atoms with Gasteiger partial charge in [0.25, 0.3) is 5.56 Å². The van der Waals surface area contributed by atoms with Gasteiger partial charge in [-0.15, -0.1) is 0 Å². The lowest BCUT2D eigenvalue weighted by Crippen LogP contribution is -2.43. The van der Waals surface area contributed by atoms with E-state index in [4.69, 9.17) is 9.47 Å². The van der Waals surface area contributed by atoms with Crippen LogP contribution >= 0.6 is 0 Å². The fraction of sp³-hybridized carbons (Fsp3) is 0.375. The number of alkyl carbamates (subject to hydrolysis) is 1. The summed E-state index contributed by atoms with van der Waals surface area (Å²) in [6, 6.07) is 8.96. The number of carboxylic acid groups (broad SMARTS) is 1. The summed E-state index contributed by atoms with van der Waals surface area (Å²) in [5, 5.41) is 14.0. The third-order valence-corrected chi connectivity index (χ3v) is 4.94. The van der Waals surface area contributed by atoms with Crippen LogP contribution in [-0.4, -0.2) is 78.8 Å². The van der Waals surface area contributed by atoms with Crippen molar-refractivity contribution in [2.75, 3.05) is 25.0 Å². The molecular weight excluding hydrogens is 514 g/mol. The molecule has 0 atom stereocenters. The highest BCUT2D eigenvalue weighted by Gasteiger charge is 2.21. The maximum Gasteiger partial charge on any atom is 0.414 e. The van der Waals surface area contributed by atoms with E-state index in [1.807, 2.05) is 6.07 Å². The van der Waals surface area contributed by atoms with E-state index in [1.54, 1.807) is 45.0 Å². The summed E-state index contributed by atoms with van der Waals surface area (Å²) in [6.07, 6.45) is -0.384. The normalized spacial score (nSPS) is 11.1. The van der Waals surface area contributed by atoms with Gasteiger partial charge in [0.05, 0.1) is 6.33 Å². The number of anilines is 1. The number of aromatic amines is 1. The quantitative estimate of drug-likeness (QED) is 0.289. The second-order valence-electron chi connectivity index (χ2n) is 9.28. The fourth-order valence-corrected chi connectivity index (χ4v) is 3.29. The van der Waals surface area contributed by atoms with Gasteiger partial charge in [-0.05, 0) is 26.3 Å². The minimum atomic E-state index is -1.26. The number of benzene rings is 1. The first-order chi connectivity index (χ1) is 18.4. The number of carbonyl (C=O) groups is 4. The Labute approximate surface area is 222 Å². The van der Waals surface area contributed by atoms with Crippen LogP contribution < -0.4 is 16.2 Å². The molecule has 0 saturated carbocycles. The maximum atomic E-state index is 12.9. The van der Waals surface area contributed by atoms with Crippen LogP contribution in [0.3, 0.4) is 0 Å². The number of nitrogens with one attached hydrogen (secondary N) is 3. The standard InChI is InChI=1S/C24H29N7O8/c1-24(2,3)39-22(36)25-9-10-30(12-17(33)34)16(32)11-31-14-26-18-19(31)27-21(28-20(18)35)29-23(37)38-13-15-7-5-4-6-8-15/h4-8,14H,9-13H2,1-3H3,(H,25,36)(H,33,34)(H2,27,28,29,35,37). The molecule has 15 heteroatoms. The predicted octanol–water partition coefficient (Wildman–Crippen LogP) is 1.31. The van der Waals surface area contributed by atoms with Gasteiger partial charge in [0, 0.05) is 13.1 Å². The van der Waals surface area contributed by atoms with Crippen molar-refractivity contribution < 1.29 is 33.8 Å². The maximum absolute atomic E-state index is 12.9. The molecule has 0 unspecified atom stereocenters. The van der Waals surface area contributed by atoms with Crippen LogP contribution in [0.5, 0.6) is 0 Å². The molecule has 0 aliphatic carbocycles. The third kappa shape index (κ3) is 8.84. The number of rotatable bonds is 10. The summed E-state index contributed by atoms with van der Waals surface area (Å²) in [6.45, 7) is 3.84. The number of hydrogen-bond acceptors (Lipinski definition) is 9. The molecule has 3 rings (SSSR count). The Morgan fingerprint density at radius 2 is 1.85 bits per heavy atom. The number of imidazole rings is 1. The number of H-pyrrole nitrogens is 1. The van der Waals surface area contributed by atoms with E-state index in [0.717, 1.165) is 10.5 Å². The Hall–Kier alpha value is -4.95. The number of amides is 3. The molecule has 0 fully saturated rings. The van der Waals surface area contributed by atoms with E-state index >= 15 is 0 Å². The summed E-state index contributed by atoms with van der Waals surface area (Å²) in [7, 11) is 0. The average molecular weight is 544 g/mol. The molecule has 3 amide bonds. The van der Waals surface area contributed by atoms with E-state index in [9.17, 15) is 29.1 Å². The number of carbonyl (C=O) groups excluding carboxylic acids is 3. The molecule has 2 aromatic heterocycles. The van der Waals surface area contributed by atoms with Gasteiger partial charge in [0.2, 0.25) is 11.9 Å². The SMILES string of the molecule is CC(C)(C)OC(=O)NCCN(CC(=O)O)C(=O)Cn1cnc2c(=O)[nH]c(NC(=O)OCc3ccccc3)nc21. The van der Waals surface area contributed by atoms with Gasteiger partial charge < -0.3 is 29.4 Å². The Bertz CT molecular complexity index is 1390. The lowest BCUT2D eigenvalue weighted by atomic mass is 10.2. The molecule has 208 valence electrons. The zero-order valence-electron chi connectivity index (χ0n) is 21.6. The van der Waals surface area contributed by atoms with Gasteiger partial charge >= 0.3 is 18.2 Å². The molecule has 4 N–H and O–H groups in total. The number of hydrogen-bond donors (Lipinski definition) is 4. The van der Waals surface area contributed by atoms with E-state index in [2.05, 4.69) is 25.6 Å². The average Bonchev–Trinajstić information content (AvgIpc) is 3.24. The van der Waals surface area contributed by atoms with Gasteiger partial charge in [-0.25, -0.2) is 14.6 Å². The molecule has 0 aliphatic rings. The zero-order chi connectivity index (χ0) is 28.6. The molecule has 0 radical (unpaired) electrons. The molecular formula is C24H29N7O8. The van der Waals surface area contributed by atoms with Crippen molar-refractivity contribution in [3.05, 3.63) is 52.6 Å². The van der Waals surface area contributed by atoms with Crippen LogP contribution in [0.25, 0.3) is 11.2 Å². The highest BCUT2D eigenvalue weighted by Crippen LogP contribution is 2.10. The molecule has 2 heterocycles. The number of ether oxygens (including phenoxy) is 2. The molecule has 0 aliphatic heterocycles. The van der Waals surface area contributed by atoms with Crippen molar-refractivity contribution >= 4 is 41.2 Å². The number of nitrogens with zero attached hydrogens (tertiary/aromatic N) is 4. The topological polar surface area (TPSA) is 198 Å². The van der Waals surface area contributed by atoms with E-state index in [1.165, 1.54) is 10.9 Å². The highest BCUT2D eigenvalue weighted by molar-refractivity contribution is 5.85. The lowest BCUT2D eigenvalue weighted by Gasteiger charge is -2.23. The van der Waals surface area contributed by atoms with Gasteiger partial charge in [0.15, 0.2) is 11.2 Å². The Balaban J connectivity index is 1.67. The molecule has 39 heavy (non-hydrogen) atoms. The van der Waals surface area contributed by atoms with Gasteiger partial charge in [0.1, 0.15) is 25.3 Å². The van der Waals surface area contributed by atoms with Crippen LogP contribution in [0.2, 0.25) is 0 Å². The van der Waals surface area contributed by atoms with Gasteiger partial charge in [-0.1, -0.05) is 30.3 Å². The van der Waals surface area contributed by atoms with E-state index < -0.39 is 48.3 Å². The van der Waals surface area contributed by atoms with Crippen LogP contribution in [-0.2, 0) is 32.2 Å². The monoisotopic (exact) mass is 543 g/mol. The van der Waals surface area contributed by atoms with Crippen molar-refractivity contribution in [3.63, 3.8) is 0 Å². The minimum Gasteiger partial charge on any atom is -0.480 e. The second kappa shape index (κ2) is 12.5. The van der Waals surface area contributed by atoms with Crippen molar-refractivity contribution in [2.24, 2.45) is 0 Å². The van der Waals surface area contributed by atoms with Gasteiger partial charge in [-0.3, -0.25) is 24.7 Å². The lowest BCUT2D eigenvalue weighted by molar-refractivity contribution is -0.144. The van der Waals surface area contributed by atoms with Crippen molar-refractivity contribution in [1.82, 2.24) is 29.7 Å². The third-order valence-electron chi connectivity index (χ3n) is 4.94. The number of aliphatic carboxylic acids is 1. The van der Waals surface area contributed by atoms with Crippen LogP contribution in [0, 0.1) is 0 Å². The van der Waals surface area contributed by atoms with Crippen LogP contribution in [0.4, 0.5) is 15.5 Å². The summed E-state index contributed by atoms with van der Waals surface area (Å²) < 4.78 is 11.5. The van der Waals surface area contributed by atoms with Crippen molar-refractivity contribution in [2.45, 2.75) is 39.5 Å². The zero-order valence-corrected chi connectivity index (χ0v) is 21.6. The number of fused-ring (bicyclic) bond motifs is 1. The highest BCUT2D eigenvalue weighted by atomic mass is 16.6. The van der Waals surface area contributed by atoms with Gasteiger partial charge in [-0.2, -0.15) is 4.98 Å². The van der Waals surface area contributed by atoms with E-state index in [0.29, 0.717) is 0 Å². The summed E-state index contributed by atoms with van der Waals surface area (Å²) >= 11 is 0. The summed E-state index contributed by atoms with van der Waals surface area (Å²) in [4.78, 5) is 72.2.